The smallest absolute Gasteiger partial charge is 0.349 e. The van der Waals surface area contributed by atoms with Crippen molar-refractivity contribution in [2.75, 3.05) is 11.9 Å². The summed E-state index contributed by atoms with van der Waals surface area (Å²) in [5, 5.41) is 42.6. The lowest BCUT2D eigenvalue weighted by atomic mass is 9.97. The van der Waals surface area contributed by atoms with Gasteiger partial charge in [-0.2, -0.15) is 0 Å². The molecule has 1 saturated heterocycles. The summed E-state index contributed by atoms with van der Waals surface area (Å²) in [6.07, 6.45) is -5.20. The Morgan fingerprint density at radius 1 is 1.17 bits per heavy atom. The van der Waals surface area contributed by atoms with Crippen molar-refractivity contribution in [1.29, 1.82) is 0 Å². The van der Waals surface area contributed by atoms with Gasteiger partial charge in [0, 0.05) is 17.1 Å². The Morgan fingerprint density at radius 3 is 2.62 bits per heavy atom. The lowest BCUT2D eigenvalue weighted by Crippen LogP contribution is -2.61. The summed E-state index contributed by atoms with van der Waals surface area (Å²) in [6.45, 7) is -0.526. The first-order valence-corrected chi connectivity index (χ1v) is 8.29. The van der Waals surface area contributed by atoms with Gasteiger partial charge >= 0.3 is 5.63 Å². The summed E-state index contributed by atoms with van der Waals surface area (Å²) >= 11 is 1.89. The molecular formula is C15H16INO7. The fourth-order valence-corrected chi connectivity index (χ4v) is 3.07. The Morgan fingerprint density at radius 2 is 1.92 bits per heavy atom. The first-order valence-electron chi connectivity index (χ1n) is 7.21. The van der Waals surface area contributed by atoms with E-state index in [9.17, 15) is 20.1 Å². The summed E-state index contributed by atoms with van der Waals surface area (Å²) in [4.78, 5) is 11.6. The van der Waals surface area contributed by atoms with Crippen molar-refractivity contribution in [2.24, 2.45) is 0 Å². The number of ether oxygens (including phenoxy) is 1. The van der Waals surface area contributed by atoms with E-state index in [1.165, 1.54) is 0 Å². The van der Waals surface area contributed by atoms with Crippen molar-refractivity contribution in [3.8, 4) is 0 Å². The Kier molecular flexibility index (Phi) is 5.08. The second kappa shape index (κ2) is 6.94. The Labute approximate surface area is 149 Å². The first kappa shape index (κ1) is 17.6. The van der Waals surface area contributed by atoms with Crippen LogP contribution in [0, 0.1) is 3.57 Å². The van der Waals surface area contributed by atoms with Crippen molar-refractivity contribution >= 4 is 39.2 Å². The maximum Gasteiger partial charge on any atom is 0.349 e. The molecule has 1 aliphatic heterocycles. The van der Waals surface area contributed by atoms with Crippen LogP contribution >= 0.6 is 22.6 Å². The fourth-order valence-electron chi connectivity index (χ4n) is 2.62. The zero-order valence-corrected chi connectivity index (χ0v) is 14.5. The normalized spacial score (nSPS) is 30.5. The number of fused-ring (bicyclic) bond motifs is 1. The second-order valence-electron chi connectivity index (χ2n) is 5.53. The van der Waals surface area contributed by atoms with Gasteiger partial charge in [0.15, 0.2) is 6.29 Å². The molecule has 5 N–H and O–H groups in total. The first-order chi connectivity index (χ1) is 11.4. The number of anilines is 1. The van der Waals surface area contributed by atoms with Gasteiger partial charge in [0.25, 0.3) is 0 Å². The Balaban J connectivity index is 1.86. The van der Waals surface area contributed by atoms with Crippen LogP contribution in [0.2, 0.25) is 0 Å². The van der Waals surface area contributed by atoms with Crippen molar-refractivity contribution in [3.05, 3.63) is 38.3 Å². The van der Waals surface area contributed by atoms with Crippen molar-refractivity contribution in [2.45, 2.75) is 30.6 Å². The molecule has 3 unspecified atom stereocenters. The zero-order chi connectivity index (χ0) is 17.4. The molecule has 2 heterocycles. The van der Waals surface area contributed by atoms with Crippen LogP contribution in [0.4, 0.5) is 5.69 Å². The average molecular weight is 449 g/mol. The molecule has 5 atom stereocenters. The maximum absolute atomic E-state index is 11.6. The minimum absolute atomic E-state index is 0.347. The van der Waals surface area contributed by atoms with E-state index >= 15 is 0 Å². The van der Waals surface area contributed by atoms with Crippen molar-refractivity contribution in [3.63, 3.8) is 0 Å². The number of halogens is 1. The van der Waals surface area contributed by atoms with Crippen LogP contribution in [-0.4, -0.2) is 57.7 Å². The van der Waals surface area contributed by atoms with Crippen molar-refractivity contribution < 1.29 is 29.6 Å². The van der Waals surface area contributed by atoms with E-state index in [4.69, 9.17) is 14.3 Å². The fraction of sp³-hybridized carbons (Fsp3) is 0.400. The van der Waals surface area contributed by atoms with Crippen molar-refractivity contribution in [1.82, 2.24) is 0 Å². The summed E-state index contributed by atoms with van der Waals surface area (Å²) in [7, 11) is 0. The molecule has 8 nitrogen and oxygen atoms in total. The van der Waals surface area contributed by atoms with E-state index in [1.807, 2.05) is 22.6 Å². The molecule has 0 spiro atoms. The monoisotopic (exact) mass is 449 g/mol. The predicted octanol–water partition coefficient (Wildman–Crippen LogP) is -0.391. The highest BCUT2D eigenvalue weighted by molar-refractivity contribution is 14.1. The van der Waals surface area contributed by atoms with Gasteiger partial charge in [-0.1, -0.05) is 0 Å². The van der Waals surface area contributed by atoms with Gasteiger partial charge in [0.2, 0.25) is 0 Å². The van der Waals surface area contributed by atoms with Gasteiger partial charge in [-0.25, -0.2) is 4.79 Å². The number of aliphatic hydroxyl groups is 4. The molecule has 0 radical (unpaired) electrons. The number of aliphatic hydroxyl groups excluding tert-OH is 4. The maximum atomic E-state index is 11.6. The number of rotatable bonds is 3. The number of nitrogens with one attached hydrogen (secondary N) is 1. The quantitative estimate of drug-likeness (QED) is 0.316. The Hall–Kier alpha value is -1.24. The summed E-state index contributed by atoms with van der Waals surface area (Å²) in [5.41, 5.74) is 0.357. The van der Waals surface area contributed by atoms with Crippen LogP contribution < -0.4 is 10.9 Å². The van der Waals surface area contributed by atoms with E-state index in [2.05, 4.69) is 5.32 Å². The third-order valence-electron chi connectivity index (χ3n) is 3.93. The van der Waals surface area contributed by atoms with Crippen LogP contribution in [-0.2, 0) is 4.74 Å². The van der Waals surface area contributed by atoms with Gasteiger partial charge in [0.05, 0.1) is 10.2 Å². The zero-order valence-electron chi connectivity index (χ0n) is 12.3. The largest absolute Gasteiger partial charge is 0.422 e. The molecule has 0 aliphatic carbocycles. The van der Waals surface area contributed by atoms with Gasteiger partial charge < -0.3 is 34.9 Å². The molecule has 1 aromatic carbocycles. The van der Waals surface area contributed by atoms with E-state index in [0.29, 0.717) is 14.8 Å². The highest BCUT2D eigenvalue weighted by atomic mass is 127. The minimum Gasteiger partial charge on any atom is -0.422 e. The molecule has 1 fully saturated rings. The molecule has 2 aromatic rings. The van der Waals surface area contributed by atoms with E-state index < -0.39 is 42.9 Å². The van der Waals surface area contributed by atoms with Gasteiger partial charge in [-0.15, -0.1) is 0 Å². The summed E-state index contributed by atoms with van der Waals surface area (Å²) in [6, 6.07) is 5.63. The second-order valence-corrected chi connectivity index (χ2v) is 6.70. The van der Waals surface area contributed by atoms with Gasteiger partial charge in [-0.3, -0.25) is 0 Å². The van der Waals surface area contributed by atoms with E-state index in [0.717, 1.165) is 5.39 Å². The van der Waals surface area contributed by atoms with Crippen LogP contribution in [0.1, 0.15) is 0 Å². The van der Waals surface area contributed by atoms with Crippen LogP contribution in [0.5, 0.6) is 0 Å². The molecule has 9 heteroatoms. The summed E-state index contributed by atoms with van der Waals surface area (Å²) < 4.78 is 10.7. The minimum atomic E-state index is -1.43. The highest BCUT2D eigenvalue weighted by Gasteiger charge is 2.43. The SMILES string of the molecule is O=c1oc2cc(N[C@@H]3C(O)OC(CO)[C@@H](O)C3O)ccc2cc1I. The average Bonchev–Trinajstić information content (AvgIpc) is 2.56. The van der Waals surface area contributed by atoms with Gasteiger partial charge in [0.1, 0.15) is 29.9 Å². The van der Waals surface area contributed by atoms with E-state index in [-0.39, 0.29) is 0 Å². The topological polar surface area (TPSA) is 132 Å². The molecular weight excluding hydrogens is 433 g/mol. The van der Waals surface area contributed by atoms with E-state index in [1.54, 1.807) is 24.3 Å². The molecule has 3 rings (SSSR count). The predicted molar refractivity (Wildman–Crippen MR) is 92.6 cm³/mol. The van der Waals surface area contributed by atoms with Gasteiger partial charge in [-0.05, 0) is 40.8 Å². The standard InChI is InChI=1S/C15H16INO7/c16-8-3-6-1-2-7(4-9(6)23-14(8)21)17-11-13(20)12(19)10(5-18)24-15(11)22/h1-4,10-13,15,17-20,22H,5H2/t10?,11-,12+,13?,15?/m0/s1. The molecule has 1 aliphatic rings. The Bertz CT molecular complexity index is 795. The third-order valence-corrected chi connectivity index (χ3v) is 4.68. The lowest BCUT2D eigenvalue weighted by molar-refractivity contribution is -0.245. The number of hydrogen-bond acceptors (Lipinski definition) is 8. The van der Waals surface area contributed by atoms with Crippen LogP contribution in [0.3, 0.4) is 0 Å². The van der Waals surface area contributed by atoms with Crippen LogP contribution in [0.25, 0.3) is 11.0 Å². The summed E-state index contributed by atoms with van der Waals surface area (Å²) in [5.74, 6) is 0. The number of hydrogen-bond donors (Lipinski definition) is 5. The molecule has 1 aromatic heterocycles. The third kappa shape index (κ3) is 3.27. The molecule has 24 heavy (non-hydrogen) atoms. The highest BCUT2D eigenvalue weighted by Crippen LogP contribution is 2.25. The molecule has 130 valence electrons. The molecule has 0 saturated carbocycles. The van der Waals surface area contributed by atoms with Crippen LogP contribution in [0.15, 0.2) is 33.5 Å². The molecule has 0 amide bonds. The lowest BCUT2D eigenvalue weighted by Gasteiger charge is -2.40. The number of benzene rings is 1. The molecule has 0 bridgehead atoms.